The van der Waals surface area contributed by atoms with Gasteiger partial charge in [-0.1, -0.05) is 30.3 Å². The molecule has 0 bridgehead atoms. The van der Waals surface area contributed by atoms with Gasteiger partial charge in [0.2, 0.25) is 0 Å². The zero-order valence-corrected chi connectivity index (χ0v) is 16.8. The van der Waals surface area contributed by atoms with Crippen LogP contribution in [0.5, 0.6) is 0 Å². The van der Waals surface area contributed by atoms with Crippen LogP contribution in [0.25, 0.3) is 27.8 Å². The molecular weight excluding hydrogens is 388 g/mol. The third kappa shape index (κ3) is 3.13. The quantitative estimate of drug-likeness (QED) is 0.454. The number of benzene rings is 2. The molecule has 3 aromatic heterocycles. The van der Waals surface area contributed by atoms with Gasteiger partial charge < -0.3 is 9.80 Å². The van der Waals surface area contributed by atoms with Crippen LogP contribution >= 0.6 is 0 Å². The molecule has 8 nitrogen and oxygen atoms in total. The molecule has 0 unspecified atom stereocenters. The lowest BCUT2D eigenvalue weighted by Gasteiger charge is -2.36. The smallest absolute Gasteiger partial charge is 0.168 e. The summed E-state index contributed by atoms with van der Waals surface area (Å²) < 4.78 is 1.86. The predicted molar refractivity (Wildman–Crippen MR) is 121 cm³/mol. The summed E-state index contributed by atoms with van der Waals surface area (Å²) >= 11 is 0. The summed E-state index contributed by atoms with van der Waals surface area (Å²) in [4.78, 5) is 23.0. The molecule has 31 heavy (non-hydrogen) atoms. The Morgan fingerprint density at radius 3 is 2.26 bits per heavy atom. The van der Waals surface area contributed by atoms with Gasteiger partial charge in [0.05, 0.1) is 34.5 Å². The Bertz CT molecular complexity index is 1360. The molecular formula is C23H20N8. The fraction of sp³-hybridized carbons (Fsp3) is 0.174. The fourth-order valence-electron chi connectivity index (χ4n) is 4.09. The normalized spacial score (nSPS) is 14.5. The Balaban J connectivity index is 1.26. The molecule has 0 spiro atoms. The Morgan fingerprint density at radius 2 is 1.42 bits per heavy atom. The van der Waals surface area contributed by atoms with Crippen molar-refractivity contribution >= 4 is 33.7 Å². The van der Waals surface area contributed by atoms with Crippen LogP contribution in [0.15, 0.2) is 73.3 Å². The molecule has 1 fully saturated rings. The maximum atomic E-state index is 4.79. The minimum Gasteiger partial charge on any atom is -0.352 e. The molecule has 0 atom stereocenters. The van der Waals surface area contributed by atoms with Gasteiger partial charge in [0.1, 0.15) is 18.0 Å². The van der Waals surface area contributed by atoms with Gasteiger partial charge in [-0.2, -0.15) is 5.10 Å². The molecule has 0 radical (unpaired) electrons. The molecule has 6 rings (SSSR count). The summed E-state index contributed by atoms with van der Waals surface area (Å²) in [5.74, 6) is 1.85. The average Bonchev–Trinajstić information content (AvgIpc) is 3.29. The molecule has 8 heteroatoms. The molecule has 152 valence electrons. The van der Waals surface area contributed by atoms with E-state index in [9.17, 15) is 0 Å². The zero-order chi connectivity index (χ0) is 20.6. The highest BCUT2D eigenvalue weighted by molar-refractivity contribution is 5.87. The van der Waals surface area contributed by atoms with Crippen LogP contribution in [0, 0.1) is 0 Å². The standard InChI is InChI=1S/C23H20N8/c1-2-6-17(7-3-1)31-23-18(14-27-31)22(25-16-26-23)30-12-10-29(11-13-30)21-15-24-19-8-4-5-9-20(19)28-21/h1-9,14-16H,10-13H2. The van der Waals surface area contributed by atoms with Crippen molar-refractivity contribution in [3.05, 3.63) is 73.3 Å². The number of rotatable bonds is 3. The van der Waals surface area contributed by atoms with Gasteiger partial charge in [-0.15, -0.1) is 0 Å². The summed E-state index contributed by atoms with van der Waals surface area (Å²) in [7, 11) is 0. The van der Waals surface area contributed by atoms with Crippen LogP contribution in [0.4, 0.5) is 11.6 Å². The topological polar surface area (TPSA) is 75.9 Å². The van der Waals surface area contributed by atoms with Crippen LogP contribution in [0.2, 0.25) is 0 Å². The lowest BCUT2D eigenvalue weighted by Crippen LogP contribution is -2.47. The number of nitrogens with zero attached hydrogens (tertiary/aromatic N) is 8. The molecule has 1 saturated heterocycles. The first kappa shape index (κ1) is 17.8. The van der Waals surface area contributed by atoms with E-state index in [0.717, 1.165) is 65.6 Å². The first-order valence-corrected chi connectivity index (χ1v) is 10.3. The first-order valence-electron chi connectivity index (χ1n) is 10.3. The molecule has 4 heterocycles. The van der Waals surface area contributed by atoms with E-state index < -0.39 is 0 Å². The van der Waals surface area contributed by atoms with Gasteiger partial charge in [0.15, 0.2) is 5.65 Å². The monoisotopic (exact) mass is 408 g/mol. The van der Waals surface area contributed by atoms with Crippen LogP contribution in [-0.2, 0) is 0 Å². The van der Waals surface area contributed by atoms with Crippen molar-refractivity contribution in [1.29, 1.82) is 0 Å². The van der Waals surface area contributed by atoms with Crippen molar-refractivity contribution in [3.8, 4) is 5.69 Å². The molecule has 5 aromatic rings. The van der Waals surface area contributed by atoms with Crippen molar-refractivity contribution in [2.45, 2.75) is 0 Å². The average molecular weight is 408 g/mol. The first-order chi connectivity index (χ1) is 15.4. The van der Waals surface area contributed by atoms with Crippen molar-refractivity contribution in [2.75, 3.05) is 36.0 Å². The molecule has 0 aliphatic carbocycles. The molecule has 2 aromatic carbocycles. The highest BCUT2D eigenvalue weighted by Crippen LogP contribution is 2.26. The van der Waals surface area contributed by atoms with E-state index in [4.69, 9.17) is 4.98 Å². The largest absolute Gasteiger partial charge is 0.352 e. The number of para-hydroxylation sites is 3. The minimum absolute atomic E-state index is 0.819. The Labute approximate surface area is 178 Å². The highest BCUT2D eigenvalue weighted by Gasteiger charge is 2.22. The van der Waals surface area contributed by atoms with Crippen LogP contribution in [0.3, 0.4) is 0 Å². The van der Waals surface area contributed by atoms with Gasteiger partial charge in [0.25, 0.3) is 0 Å². The van der Waals surface area contributed by atoms with Gasteiger partial charge in [-0.05, 0) is 24.3 Å². The molecule has 1 aliphatic heterocycles. The molecule has 0 N–H and O–H groups in total. The minimum atomic E-state index is 0.819. The number of piperazine rings is 1. The Kier molecular flexibility index (Phi) is 4.19. The summed E-state index contributed by atoms with van der Waals surface area (Å²) in [6.45, 7) is 3.39. The van der Waals surface area contributed by atoms with Gasteiger partial charge in [-0.25, -0.2) is 19.6 Å². The Hall–Kier alpha value is -4.07. The predicted octanol–water partition coefficient (Wildman–Crippen LogP) is 3.09. The number of fused-ring (bicyclic) bond motifs is 2. The van der Waals surface area contributed by atoms with E-state index in [1.54, 1.807) is 6.33 Å². The highest BCUT2D eigenvalue weighted by atomic mass is 15.3. The number of aromatic nitrogens is 6. The summed E-state index contributed by atoms with van der Waals surface area (Å²) in [6.07, 6.45) is 5.35. The fourth-order valence-corrected chi connectivity index (χ4v) is 4.09. The maximum Gasteiger partial charge on any atom is 0.168 e. The van der Waals surface area contributed by atoms with E-state index >= 15 is 0 Å². The second kappa shape index (κ2) is 7.32. The maximum absolute atomic E-state index is 4.79. The summed E-state index contributed by atoms with van der Waals surface area (Å²) in [5.41, 5.74) is 3.65. The number of anilines is 2. The SMILES string of the molecule is c1ccc(-n2ncc3c(N4CCN(c5cnc6ccccc6n5)CC4)ncnc32)cc1. The van der Waals surface area contributed by atoms with E-state index in [0.29, 0.717) is 0 Å². The van der Waals surface area contributed by atoms with Crippen molar-refractivity contribution in [3.63, 3.8) is 0 Å². The lowest BCUT2D eigenvalue weighted by atomic mass is 10.2. The summed E-state index contributed by atoms with van der Waals surface area (Å²) in [6, 6.07) is 18.0. The lowest BCUT2D eigenvalue weighted by molar-refractivity contribution is 0.643. The van der Waals surface area contributed by atoms with E-state index in [1.165, 1.54) is 0 Å². The third-order valence-electron chi connectivity index (χ3n) is 5.68. The van der Waals surface area contributed by atoms with Gasteiger partial charge in [0, 0.05) is 26.2 Å². The van der Waals surface area contributed by atoms with E-state index in [2.05, 4.69) is 29.9 Å². The Morgan fingerprint density at radius 1 is 0.677 bits per heavy atom. The summed E-state index contributed by atoms with van der Waals surface area (Å²) in [5, 5.41) is 5.53. The van der Waals surface area contributed by atoms with Gasteiger partial charge in [-0.3, -0.25) is 4.98 Å². The van der Waals surface area contributed by atoms with Crippen LogP contribution in [0.1, 0.15) is 0 Å². The second-order valence-corrected chi connectivity index (χ2v) is 7.52. The van der Waals surface area contributed by atoms with Crippen molar-refractivity contribution in [2.24, 2.45) is 0 Å². The van der Waals surface area contributed by atoms with Gasteiger partial charge >= 0.3 is 0 Å². The van der Waals surface area contributed by atoms with E-state index in [1.807, 2.05) is 71.7 Å². The zero-order valence-electron chi connectivity index (χ0n) is 16.8. The molecule has 0 saturated carbocycles. The van der Waals surface area contributed by atoms with Crippen molar-refractivity contribution < 1.29 is 0 Å². The van der Waals surface area contributed by atoms with Crippen LogP contribution < -0.4 is 9.80 Å². The number of hydrogen-bond acceptors (Lipinski definition) is 7. The van der Waals surface area contributed by atoms with Crippen molar-refractivity contribution in [1.82, 2.24) is 29.7 Å². The second-order valence-electron chi connectivity index (χ2n) is 7.52. The molecule has 1 aliphatic rings. The number of hydrogen-bond donors (Lipinski definition) is 0. The third-order valence-corrected chi connectivity index (χ3v) is 5.68. The van der Waals surface area contributed by atoms with Crippen LogP contribution in [-0.4, -0.2) is 55.9 Å². The van der Waals surface area contributed by atoms with E-state index in [-0.39, 0.29) is 0 Å². The molecule has 0 amide bonds.